The number of rotatable bonds is 54. The fourth-order valence-corrected chi connectivity index (χ4v) is 9.15. The molecule has 0 aromatic rings. The summed E-state index contributed by atoms with van der Waals surface area (Å²) in [6, 6.07) is -0.612. The van der Waals surface area contributed by atoms with Gasteiger partial charge in [0.05, 0.1) is 34.4 Å². The summed E-state index contributed by atoms with van der Waals surface area (Å²) in [5.41, 5.74) is 0. The number of hydrogen-bond donors (Lipinski definition) is 1. The average molecular weight is 950 g/mol. The molecule has 396 valence electrons. The third-order valence-electron chi connectivity index (χ3n) is 13.7. The van der Waals surface area contributed by atoms with Crippen molar-refractivity contribution in [2.24, 2.45) is 0 Å². The average Bonchev–Trinajstić information content (AvgIpc) is 3.29. The lowest BCUT2D eigenvalue weighted by molar-refractivity contribution is -0.887. The van der Waals surface area contributed by atoms with Crippen LogP contribution in [0.1, 0.15) is 296 Å². The minimum atomic E-state index is -0.870. The van der Waals surface area contributed by atoms with Crippen LogP contribution in [0.3, 0.4) is 0 Å². The van der Waals surface area contributed by atoms with Crippen molar-refractivity contribution in [2.45, 2.75) is 309 Å². The minimum absolute atomic E-state index is 0.0463. The van der Waals surface area contributed by atoms with Crippen LogP contribution in [-0.2, 0) is 28.6 Å². The van der Waals surface area contributed by atoms with Crippen molar-refractivity contribution in [1.82, 2.24) is 0 Å². The molecule has 0 radical (unpaired) electrons. The van der Waals surface area contributed by atoms with E-state index in [2.05, 4.69) is 26.0 Å². The highest BCUT2D eigenvalue weighted by atomic mass is 16.6. The van der Waals surface area contributed by atoms with Gasteiger partial charge >= 0.3 is 17.9 Å². The number of carboxylic acid groups (broad SMARTS) is 1. The first kappa shape index (κ1) is 65.1. The van der Waals surface area contributed by atoms with Crippen molar-refractivity contribution in [2.75, 3.05) is 41.0 Å². The van der Waals surface area contributed by atoms with Crippen LogP contribution in [-0.4, -0.2) is 80.6 Å². The normalized spacial score (nSPS) is 12.8. The highest BCUT2D eigenvalue weighted by Gasteiger charge is 2.31. The second-order valence-corrected chi connectivity index (χ2v) is 21.3. The van der Waals surface area contributed by atoms with Gasteiger partial charge in [-0.15, -0.1) is 0 Å². The Morgan fingerprint density at radius 2 is 0.746 bits per heavy atom. The van der Waals surface area contributed by atoms with Gasteiger partial charge in [-0.25, -0.2) is 4.79 Å². The maximum absolute atomic E-state index is 12.8. The summed E-state index contributed by atoms with van der Waals surface area (Å²) in [4.78, 5) is 37.3. The van der Waals surface area contributed by atoms with E-state index < -0.39 is 18.1 Å². The first-order valence-electron chi connectivity index (χ1n) is 29.2. The monoisotopic (exact) mass is 949 g/mol. The van der Waals surface area contributed by atoms with E-state index in [0.29, 0.717) is 19.3 Å². The molecule has 8 nitrogen and oxygen atoms in total. The molecule has 1 N–H and O–H groups in total. The van der Waals surface area contributed by atoms with Gasteiger partial charge in [-0.05, 0) is 38.5 Å². The Morgan fingerprint density at radius 1 is 0.433 bits per heavy atom. The first-order chi connectivity index (χ1) is 32.6. The van der Waals surface area contributed by atoms with Crippen LogP contribution in [0.2, 0.25) is 0 Å². The Balaban J connectivity index is 4.12. The number of aliphatic carboxylic acids is 1. The number of nitrogens with zero attached hydrogens (tertiary/aromatic N) is 1. The smallest absolute Gasteiger partial charge is 0.362 e. The lowest BCUT2D eigenvalue weighted by atomic mass is 10.0. The van der Waals surface area contributed by atoms with E-state index in [0.717, 1.165) is 38.5 Å². The van der Waals surface area contributed by atoms with Gasteiger partial charge in [0.1, 0.15) is 6.61 Å². The zero-order valence-corrected chi connectivity index (χ0v) is 45.4. The molecule has 0 saturated carbocycles. The van der Waals surface area contributed by atoms with Crippen LogP contribution in [0, 0.1) is 0 Å². The number of ether oxygens (including phenoxy) is 3. The Morgan fingerprint density at radius 3 is 1.07 bits per heavy atom. The summed E-state index contributed by atoms with van der Waals surface area (Å²) in [5, 5.41) is 9.68. The molecule has 0 aromatic carbocycles. The molecule has 0 rings (SSSR count). The maximum Gasteiger partial charge on any atom is 0.362 e. The molecule has 8 heteroatoms. The number of carboxylic acids is 1. The van der Waals surface area contributed by atoms with Gasteiger partial charge in [0.15, 0.2) is 12.1 Å². The minimum Gasteiger partial charge on any atom is -0.477 e. The zero-order valence-electron chi connectivity index (χ0n) is 45.4. The van der Waals surface area contributed by atoms with Crippen LogP contribution in [0.25, 0.3) is 0 Å². The van der Waals surface area contributed by atoms with Gasteiger partial charge < -0.3 is 23.8 Å². The van der Waals surface area contributed by atoms with Crippen molar-refractivity contribution in [1.29, 1.82) is 0 Å². The van der Waals surface area contributed by atoms with E-state index in [9.17, 15) is 19.5 Å². The zero-order chi connectivity index (χ0) is 49.2. The van der Waals surface area contributed by atoms with Crippen LogP contribution in [0.5, 0.6) is 0 Å². The molecule has 0 bridgehead atoms. The second-order valence-electron chi connectivity index (χ2n) is 21.3. The standard InChI is InChI=1S/C59H113NO7/c1-6-8-10-12-14-16-18-20-22-24-26-28-29-30-32-33-35-37-39-41-43-45-47-49-57(61)66-54-55(53-65-52-51-56(59(63)64)60(3,4)5)67-58(62)50-48-46-44-42-40-38-36-34-31-27-25-23-21-19-17-15-13-11-9-7-2/h30,32,55-56H,6-29,31,33-54H2,1-5H3/p+1/b32-30+. The number of likely N-dealkylation sites (N-methyl/N-ethyl adjacent to an activating group) is 1. The lowest BCUT2D eigenvalue weighted by Gasteiger charge is -2.31. The number of carbonyl (C=O) groups excluding carboxylic acids is 2. The Hall–Kier alpha value is -1.93. The molecule has 0 aromatic heterocycles. The van der Waals surface area contributed by atoms with Crippen LogP contribution < -0.4 is 0 Å². The SMILES string of the molecule is CCCCCCCCCCCCCC/C=C/CCCCCCCCCC(=O)OCC(COCCC(C(=O)O)[N+](C)(C)C)OC(=O)CCCCCCCCCCCCCCCCCCCCCC. The predicted molar refractivity (Wildman–Crippen MR) is 285 cm³/mol. The van der Waals surface area contributed by atoms with Crippen molar-refractivity contribution in [3.05, 3.63) is 12.2 Å². The van der Waals surface area contributed by atoms with E-state index in [-0.39, 0.29) is 36.2 Å². The molecule has 0 aliphatic heterocycles. The maximum atomic E-state index is 12.8. The molecule has 2 unspecified atom stereocenters. The van der Waals surface area contributed by atoms with E-state index >= 15 is 0 Å². The third-order valence-corrected chi connectivity index (χ3v) is 13.7. The highest BCUT2D eigenvalue weighted by Crippen LogP contribution is 2.17. The number of quaternary nitrogens is 1. The molecular weight excluding hydrogens is 835 g/mol. The first-order valence-corrected chi connectivity index (χ1v) is 29.2. The van der Waals surface area contributed by atoms with Crippen molar-refractivity contribution >= 4 is 17.9 Å². The van der Waals surface area contributed by atoms with Gasteiger partial charge in [-0.2, -0.15) is 0 Å². The topological polar surface area (TPSA) is 99.1 Å². The van der Waals surface area contributed by atoms with Crippen LogP contribution in [0.4, 0.5) is 0 Å². The predicted octanol–water partition coefficient (Wildman–Crippen LogP) is 17.4. The molecule has 0 amide bonds. The fourth-order valence-electron chi connectivity index (χ4n) is 9.15. The largest absolute Gasteiger partial charge is 0.477 e. The van der Waals surface area contributed by atoms with E-state index in [4.69, 9.17) is 14.2 Å². The molecule has 2 atom stereocenters. The fraction of sp³-hybridized carbons (Fsp3) is 0.915. The second kappa shape index (κ2) is 50.5. The molecule has 0 heterocycles. The summed E-state index contributed by atoms with van der Waals surface area (Å²) < 4.78 is 17.4. The highest BCUT2D eigenvalue weighted by molar-refractivity contribution is 5.72. The number of unbranched alkanes of at least 4 members (excludes halogenated alkanes) is 38. The quantitative estimate of drug-likeness (QED) is 0.0281. The summed E-state index contributed by atoms with van der Waals surface area (Å²) in [7, 11) is 5.56. The summed E-state index contributed by atoms with van der Waals surface area (Å²) >= 11 is 0. The molecule has 0 aliphatic carbocycles. The number of esters is 2. The third kappa shape index (κ3) is 48.9. The Labute approximate surface area is 416 Å². The van der Waals surface area contributed by atoms with Crippen LogP contribution >= 0.6 is 0 Å². The lowest BCUT2D eigenvalue weighted by Crippen LogP contribution is -2.50. The van der Waals surface area contributed by atoms with Gasteiger partial charge in [-0.3, -0.25) is 9.59 Å². The van der Waals surface area contributed by atoms with Gasteiger partial charge in [-0.1, -0.05) is 251 Å². The molecule has 67 heavy (non-hydrogen) atoms. The molecule has 0 fully saturated rings. The summed E-state index contributed by atoms with van der Waals surface area (Å²) in [6.07, 6.45) is 58.5. The number of allylic oxidation sites excluding steroid dienone is 2. The van der Waals surface area contributed by atoms with Gasteiger partial charge in [0.25, 0.3) is 0 Å². The van der Waals surface area contributed by atoms with E-state index in [1.165, 1.54) is 225 Å². The van der Waals surface area contributed by atoms with Crippen molar-refractivity contribution < 1.29 is 38.2 Å². The summed E-state index contributed by atoms with van der Waals surface area (Å²) in [6.45, 7) is 4.80. The van der Waals surface area contributed by atoms with E-state index in [1.807, 2.05) is 21.1 Å². The molecular formula is C59H114NO7+. The molecule has 0 saturated heterocycles. The molecule has 0 aliphatic rings. The van der Waals surface area contributed by atoms with E-state index in [1.54, 1.807) is 0 Å². The molecule has 0 spiro atoms. The van der Waals surface area contributed by atoms with Crippen molar-refractivity contribution in [3.63, 3.8) is 0 Å². The Bertz CT molecular complexity index is 1100. The van der Waals surface area contributed by atoms with Crippen LogP contribution in [0.15, 0.2) is 12.2 Å². The number of carbonyl (C=O) groups is 3. The summed E-state index contributed by atoms with van der Waals surface area (Å²) in [5.74, 6) is -1.44. The Kier molecular flexibility index (Phi) is 49.0. The van der Waals surface area contributed by atoms with Gasteiger partial charge in [0, 0.05) is 19.3 Å². The number of hydrogen-bond acceptors (Lipinski definition) is 6. The van der Waals surface area contributed by atoms with Crippen molar-refractivity contribution in [3.8, 4) is 0 Å². The van der Waals surface area contributed by atoms with Gasteiger partial charge in [0.2, 0.25) is 0 Å².